The van der Waals surface area contributed by atoms with Gasteiger partial charge in [-0.1, -0.05) is 13.0 Å². The van der Waals surface area contributed by atoms with Crippen LogP contribution in [0.15, 0.2) is 24.5 Å². The van der Waals surface area contributed by atoms with Crippen LogP contribution in [0.1, 0.15) is 23.7 Å². The zero-order valence-electron chi connectivity index (χ0n) is 11.6. The second-order valence-corrected chi connectivity index (χ2v) is 4.60. The van der Waals surface area contributed by atoms with Crippen molar-refractivity contribution in [1.29, 1.82) is 0 Å². The summed E-state index contributed by atoms with van der Waals surface area (Å²) in [4.78, 5) is 14.7. The first-order chi connectivity index (χ1) is 9.10. The third-order valence-electron chi connectivity index (χ3n) is 3.02. The lowest BCUT2D eigenvalue weighted by Crippen LogP contribution is -2.20. The molecule has 0 saturated heterocycles. The largest absolute Gasteiger partial charge is 0.368 e. The molecule has 0 saturated carbocycles. The topological polar surface area (TPSA) is 67.9 Å². The van der Waals surface area contributed by atoms with Gasteiger partial charge in [0.2, 0.25) is 5.95 Å². The van der Waals surface area contributed by atoms with E-state index >= 15 is 0 Å². The molecule has 19 heavy (non-hydrogen) atoms. The minimum atomic E-state index is 0.293. The molecule has 0 spiro atoms. The predicted molar refractivity (Wildman–Crippen MR) is 76.9 cm³/mol. The summed E-state index contributed by atoms with van der Waals surface area (Å²) in [6.07, 6.45) is 4.66. The molecular weight excluding hydrogens is 238 g/mol. The summed E-state index contributed by atoms with van der Waals surface area (Å²) in [6, 6.07) is 4.16. The summed E-state index contributed by atoms with van der Waals surface area (Å²) < 4.78 is 0. The van der Waals surface area contributed by atoms with E-state index in [4.69, 9.17) is 5.73 Å². The Morgan fingerprint density at radius 3 is 2.63 bits per heavy atom. The fourth-order valence-corrected chi connectivity index (χ4v) is 1.91. The number of hydrogen-bond acceptors (Lipinski definition) is 5. The molecule has 0 fully saturated rings. The molecule has 2 N–H and O–H groups in total. The number of hydrogen-bond donors (Lipinski definition) is 1. The van der Waals surface area contributed by atoms with Gasteiger partial charge in [-0.3, -0.25) is 4.98 Å². The third kappa shape index (κ3) is 3.19. The van der Waals surface area contributed by atoms with Gasteiger partial charge in [0.05, 0.1) is 12.2 Å². The predicted octanol–water partition coefficient (Wildman–Crippen LogP) is 1.96. The molecule has 2 aromatic heterocycles. The SMILES string of the molecule is CCc1ccc(CN(C)c2nc(N)ncc2C)nc1. The molecule has 2 aromatic rings. The van der Waals surface area contributed by atoms with E-state index in [1.807, 2.05) is 25.1 Å². The van der Waals surface area contributed by atoms with Crippen molar-refractivity contribution in [1.82, 2.24) is 15.0 Å². The summed E-state index contributed by atoms with van der Waals surface area (Å²) in [7, 11) is 1.98. The second-order valence-electron chi connectivity index (χ2n) is 4.60. The molecule has 0 aliphatic carbocycles. The third-order valence-corrected chi connectivity index (χ3v) is 3.02. The van der Waals surface area contributed by atoms with Gasteiger partial charge >= 0.3 is 0 Å². The highest BCUT2D eigenvalue weighted by atomic mass is 15.2. The van der Waals surface area contributed by atoms with Gasteiger partial charge < -0.3 is 10.6 Å². The Bertz CT molecular complexity index is 550. The van der Waals surface area contributed by atoms with Gasteiger partial charge in [0.15, 0.2) is 0 Å². The summed E-state index contributed by atoms with van der Waals surface area (Å²) >= 11 is 0. The lowest BCUT2D eigenvalue weighted by Gasteiger charge is -2.19. The number of nitrogens with two attached hydrogens (primary N) is 1. The van der Waals surface area contributed by atoms with Gasteiger partial charge in [0.25, 0.3) is 0 Å². The first-order valence-corrected chi connectivity index (χ1v) is 6.34. The van der Waals surface area contributed by atoms with Crippen LogP contribution < -0.4 is 10.6 Å². The number of nitrogen functional groups attached to an aromatic ring is 1. The van der Waals surface area contributed by atoms with Crippen LogP contribution in [-0.4, -0.2) is 22.0 Å². The van der Waals surface area contributed by atoms with Gasteiger partial charge in [0, 0.05) is 25.0 Å². The van der Waals surface area contributed by atoms with Gasteiger partial charge in [-0.2, -0.15) is 4.98 Å². The molecule has 0 aliphatic rings. The lowest BCUT2D eigenvalue weighted by atomic mass is 10.2. The zero-order valence-corrected chi connectivity index (χ0v) is 11.6. The maximum Gasteiger partial charge on any atom is 0.221 e. The normalized spacial score (nSPS) is 10.5. The van der Waals surface area contributed by atoms with Crippen LogP contribution in [0.5, 0.6) is 0 Å². The van der Waals surface area contributed by atoms with E-state index in [0.717, 1.165) is 23.5 Å². The highest BCUT2D eigenvalue weighted by molar-refractivity contribution is 5.47. The van der Waals surface area contributed by atoms with E-state index in [9.17, 15) is 0 Å². The van der Waals surface area contributed by atoms with Gasteiger partial charge in [-0.05, 0) is 25.0 Å². The number of aromatic nitrogens is 3. The summed E-state index contributed by atoms with van der Waals surface area (Å²) in [6.45, 7) is 4.79. The Morgan fingerprint density at radius 2 is 2.00 bits per heavy atom. The van der Waals surface area contributed by atoms with Crippen molar-refractivity contribution in [3.05, 3.63) is 41.3 Å². The lowest BCUT2D eigenvalue weighted by molar-refractivity contribution is 0.853. The molecule has 0 bridgehead atoms. The van der Waals surface area contributed by atoms with Crippen molar-refractivity contribution in [3.8, 4) is 0 Å². The molecule has 2 rings (SSSR count). The van der Waals surface area contributed by atoms with Crippen LogP contribution in [0.3, 0.4) is 0 Å². The van der Waals surface area contributed by atoms with Crippen LogP contribution in [0, 0.1) is 6.92 Å². The molecular formula is C14H19N5. The first kappa shape index (κ1) is 13.3. The van der Waals surface area contributed by atoms with Crippen molar-refractivity contribution >= 4 is 11.8 Å². The fraction of sp³-hybridized carbons (Fsp3) is 0.357. The van der Waals surface area contributed by atoms with E-state index in [2.05, 4.69) is 34.0 Å². The number of aryl methyl sites for hydroxylation is 2. The standard InChI is InChI=1S/C14H19N5/c1-4-11-5-6-12(16-8-11)9-19(3)13-10(2)7-17-14(15)18-13/h5-8H,4,9H2,1-3H3,(H2,15,17,18). The molecule has 0 aromatic carbocycles. The Balaban J connectivity index is 2.15. The van der Waals surface area contributed by atoms with Crippen molar-refractivity contribution in [2.45, 2.75) is 26.8 Å². The minimum Gasteiger partial charge on any atom is -0.368 e. The van der Waals surface area contributed by atoms with E-state index in [1.165, 1.54) is 5.56 Å². The zero-order chi connectivity index (χ0) is 13.8. The van der Waals surface area contributed by atoms with E-state index < -0.39 is 0 Å². The number of anilines is 2. The van der Waals surface area contributed by atoms with Gasteiger partial charge in [-0.25, -0.2) is 4.98 Å². The summed E-state index contributed by atoms with van der Waals surface area (Å²) in [5, 5.41) is 0. The highest BCUT2D eigenvalue weighted by Gasteiger charge is 2.09. The Labute approximate surface area is 113 Å². The number of pyridine rings is 1. The van der Waals surface area contributed by atoms with Crippen molar-refractivity contribution in [2.75, 3.05) is 17.7 Å². The fourth-order valence-electron chi connectivity index (χ4n) is 1.91. The first-order valence-electron chi connectivity index (χ1n) is 6.34. The second kappa shape index (κ2) is 5.65. The molecule has 0 atom stereocenters. The van der Waals surface area contributed by atoms with Gasteiger partial charge in [0.1, 0.15) is 5.82 Å². The molecule has 0 unspecified atom stereocenters. The maximum absolute atomic E-state index is 5.63. The molecule has 100 valence electrons. The highest BCUT2D eigenvalue weighted by Crippen LogP contribution is 2.17. The van der Waals surface area contributed by atoms with Crippen LogP contribution in [0.4, 0.5) is 11.8 Å². The molecule has 0 aliphatic heterocycles. The van der Waals surface area contributed by atoms with Crippen molar-refractivity contribution in [3.63, 3.8) is 0 Å². The number of nitrogens with zero attached hydrogens (tertiary/aromatic N) is 4. The summed E-state index contributed by atoms with van der Waals surface area (Å²) in [5.74, 6) is 1.13. The average Bonchev–Trinajstić information content (AvgIpc) is 2.42. The van der Waals surface area contributed by atoms with Crippen LogP contribution in [0.2, 0.25) is 0 Å². The van der Waals surface area contributed by atoms with E-state index in [0.29, 0.717) is 12.5 Å². The minimum absolute atomic E-state index is 0.293. The molecule has 2 heterocycles. The quantitative estimate of drug-likeness (QED) is 0.906. The van der Waals surface area contributed by atoms with Crippen LogP contribution in [0.25, 0.3) is 0 Å². The Morgan fingerprint density at radius 1 is 1.21 bits per heavy atom. The van der Waals surface area contributed by atoms with E-state index in [1.54, 1.807) is 6.20 Å². The Kier molecular flexibility index (Phi) is 3.94. The smallest absolute Gasteiger partial charge is 0.221 e. The van der Waals surface area contributed by atoms with E-state index in [-0.39, 0.29) is 0 Å². The van der Waals surface area contributed by atoms with Crippen molar-refractivity contribution in [2.24, 2.45) is 0 Å². The number of rotatable bonds is 4. The molecule has 0 amide bonds. The monoisotopic (exact) mass is 257 g/mol. The van der Waals surface area contributed by atoms with Crippen molar-refractivity contribution < 1.29 is 0 Å². The van der Waals surface area contributed by atoms with Crippen LogP contribution >= 0.6 is 0 Å². The average molecular weight is 257 g/mol. The maximum atomic E-state index is 5.63. The molecule has 0 radical (unpaired) electrons. The molecule has 5 nitrogen and oxygen atoms in total. The molecule has 5 heteroatoms. The van der Waals surface area contributed by atoms with Gasteiger partial charge in [-0.15, -0.1) is 0 Å². The Hall–Kier alpha value is -2.17. The summed E-state index contributed by atoms with van der Waals surface area (Å²) in [5.41, 5.74) is 8.89. The van der Waals surface area contributed by atoms with Crippen LogP contribution in [-0.2, 0) is 13.0 Å².